The molecule has 1 aromatic heterocycles. The van der Waals surface area contributed by atoms with Crippen LogP contribution < -0.4 is 0 Å². The maximum absolute atomic E-state index is 5.87. The molecule has 0 aromatic carbocycles. The van der Waals surface area contributed by atoms with E-state index >= 15 is 0 Å². The maximum atomic E-state index is 5.87. The van der Waals surface area contributed by atoms with Gasteiger partial charge in [0.05, 0.1) is 12.1 Å². The van der Waals surface area contributed by atoms with Crippen molar-refractivity contribution >= 4 is 11.6 Å². The van der Waals surface area contributed by atoms with Gasteiger partial charge in [0, 0.05) is 17.8 Å². The summed E-state index contributed by atoms with van der Waals surface area (Å²) in [6, 6.07) is 0. The molecule has 0 saturated heterocycles. The SMILES string of the molecule is CC(C)Cn1ncc(CCl)c1C(C)C. The third kappa shape index (κ3) is 2.50. The van der Waals surface area contributed by atoms with E-state index in [1.165, 1.54) is 11.3 Å². The van der Waals surface area contributed by atoms with Crippen molar-refractivity contribution in [3.8, 4) is 0 Å². The molecule has 0 bridgehead atoms. The van der Waals surface area contributed by atoms with Crippen LogP contribution in [-0.4, -0.2) is 9.78 Å². The average molecular weight is 215 g/mol. The Balaban J connectivity index is 2.98. The fourth-order valence-electron chi connectivity index (χ4n) is 1.70. The van der Waals surface area contributed by atoms with E-state index in [-0.39, 0.29) is 0 Å². The van der Waals surface area contributed by atoms with E-state index in [1.54, 1.807) is 0 Å². The van der Waals surface area contributed by atoms with Gasteiger partial charge in [0.1, 0.15) is 0 Å². The molecule has 0 aliphatic carbocycles. The number of halogens is 1. The Kier molecular flexibility index (Phi) is 3.99. The van der Waals surface area contributed by atoms with Crippen molar-refractivity contribution in [3.05, 3.63) is 17.5 Å². The second-order valence-electron chi connectivity index (χ2n) is 4.42. The van der Waals surface area contributed by atoms with E-state index < -0.39 is 0 Å². The number of nitrogens with zero attached hydrogens (tertiary/aromatic N) is 2. The largest absolute Gasteiger partial charge is 0.269 e. The number of hydrogen-bond acceptors (Lipinski definition) is 1. The van der Waals surface area contributed by atoms with Gasteiger partial charge < -0.3 is 0 Å². The summed E-state index contributed by atoms with van der Waals surface area (Å²) in [6.07, 6.45) is 1.89. The summed E-state index contributed by atoms with van der Waals surface area (Å²) in [6.45, 7) is 9.75. The molecule has 0 aliphatic rings. The molecule has 0 amide bonds. The molecule has 0 atom stereocenters. The van der Waals surface area contributed by atoms with Crippen LogP contribution in [0.15, 0.2) is 6.20 Å². The van der Waals surface area contributed by atoms with E-state index in [0.717, 1.165) is 6.54 Å². The first-order valence-corrected chi connectivity index (χ1v) is 5.70. The summed E-state index contributed by atoms with van der Waals surface area (Å²) < 4.78 is 2.09. The molecule has 3 heteroatoms. The monoisotopic (exact) mass is 214 g/mol. The first-order chi connectivity index (χ1) is 6.56. The van der Waals surface area contributed by atoms with Gasteiger partial charge in [-0.2, -0.15) is 5.10 Å². The van der Waals surface area contributed by atoms with Gasteiger partial charge in [-0.25, -0.2) is 0 Å². The lowest BCUT2D eigenvalue weighted by molar-refractivity contribution is 0.461. The molecule has 0 radical (unpaired) electrons. The van der Waals surface area contributed by atoms with E-state index in [4.69, 9.17) is 11.6 Å². The highest BCUT2D eigenvalue weighted by Gasteiger charge is 2.13. The highest BCUT2D eigenvalue weighted by atomic mass is 35.5. The fraction of sp³-hybridized carbons (Fsp3) is 0.727. The zero-order chi connectivity index (χ0) is 10.7. The fourth-order valence-corrected chi connectivity index (χ4v) is 1.90. The Morgan fingerprint density at radius 2 is 2.00 bits per heavy atom. The second kappa shape index (κ2) is 4.83. The van der Waals surface area contributed by atoms with Crippen LogP contribution in [-0.2, 0) is 12.4 Å². The molecule has 1 aromatic rings. The van der Waals surface area contributed by atoms with Gasteiger partial charge in [-0.1, -0.05) is 27.7 Å². The summed E-state index contributed by atoms with van der Waals surface area (Å²) in [7, 11) is 0. The van der Waals surface area contributed by atoms with Crippen LogP contribution in [0, 0.1) is 5.92 Å². The molecule has 0 unspecified atom stereocenters. The number of aromatic nitrogens is 2. The lowest BCUT2D eigenvalue weighted by Crippen LogP contribution is -2.11. The number of rotatable bonds is 4. The number of alkyl halides is 1. The van der Waals surface area contributed by atoms with Gasteiger partial charge in [-0.15, -0.1) is 11.6 Å². The Morgan fingerprint density at radius 1 is 1.36 bits per heavy atom. The summed E-state index contributed by atoms with van der Waals surface area (Å²) in [5.41, 5.74) is 2.45. The van der Waals surface area contributed by atoms with Crippen molar-refractivity contribution in [2.24, 2.45) is 5.92 Å². The van der Waals surface area contributed by atoms with E-state index in [2.05, 4.69) is 37.5 Å². The van der Waals surface area contributed by atoms with Crippen LogP contribution in [0.4, 0.5) is 0 Å². The topological polar surface area (TPSA) is 17.8 Å². The van der Waals surface area contributed by atoms with Crippen LogP contribution >= 0.6 is 11.6 Å². The van der Waals surface area contributed by atoms with E-state index in [9.17, 15) is 0 Å². The molecule has 14 heavy (non-hydrogen) atoms. The summed E-state index contributed by atoms with van der Waals surface area (Å²) >= 11 is 5.87. The summed E-state index contributed by atoms with van der Waals surface area (Å²) in [5.74, 6) is 1.67. The normalized spacial score (nSPS) is 11.6. The second-order valence-corrected chi connectivity index (χ2v) is 4.69. The highest BCUT2D eigenvalue weighted by Crippen LogP contribution is 2.21. The standard InChI is InChI=1S/C11H19ClN2/c1-8(2)7-14-11(9(3)4)10(5-12)6-13-14/h6,8-9H,5,7H2,1-4H3. The van der Waals surface area contributed by atoms with E-state index in [1.807, 2.05) is 6.20 Å². The maximum Gasteiger partial charge on any atom is 0.0536 e. The molecule has 1 heterocycles. The van der Waals surface area contributed by atoms with Gasteiger partial charge in [0.15, 0.2) is 0 Å². The van der Waals surface area contributed by atoms with Gasteiger partial charge >= 0.3 is 0 Å². The summed E-state index contributed by atoms with van der Waals surface area (Å²) in [5, 5.41) is 4.38. The van der Waals surface area contributed by atoms with Crippen LogP contribution in [0.5, 0.6) is 0 Å². The molecule has 80 valence electrons. The minimum Gasteiger partial charge on any atom is -0.269 e. The minimum atomic E-state index is 0.491. The van der Waals surface area contributed by atoms with Gasteiger partial charge in [0.25, 0.3) is 0 Å². The van der Waals surface area contributed by atoms with Crippen molar-refractivity contribution in [3.63, 3.8) is 0 Å². The molecule has 0 saturated carbocycles. The summed E-state index contributed by atoms with van der Waals surface area (Å²) in [4.78, 5) is 0. The van der Waals surface area contributed by atoms with Gasteiger partial charge in [-0.3, -0.25) is 4.68 Å². The lowest BCUT2D eigenvalue weighted by atomic mass is 10.1. The highest BCUT2D eigenvalue weighted by molar-refractivity contribution is 6.17. The first kappa shape index (κ1) is 11.6. The van der Waals surface area contributed by atoms with Crippen molar-refractivity contribution < 1.29 is 0 Å². The Hall–Kier alpha value is -0.500. The predicted molar refractivity (Wildman–Crippen MR) is 60.7 cm³/mol. The van der Waals surface area contributed by atoms with Crippen molar-refractivity contribution in [2.75, 3.05) is 0 Å². The van der Waals surface area contributed by atoms with Crippen molar-refractivity contribution in [1.82, 2.24) is 9.78 Å². The molecule has 0 aliphatic heterocycles. The Morgan fingerprint density at radius 3 is 2.43 bits per heavy atom. The molecule has 2 nitrogen and oxygen atoms in total. The van der Waals surface area contributed by atoms with Gasteiger partial charge in [0.2, 0.25) is 0 Å². The van der Waals surface area contributed by atoms with Crippen LogP contribution in [0.25, 0.3) is 0 Å². The molecular formula is C11H19ClN2. The average Bonchev–Trinajstić information content (AvgIpc) is 2.46. The molecule has 1 rings (SSSR count). The third-order valence-corrected chi connectivity index (χ3v) is 2.48. The quantitative estimate of drug-likeness (QED) is 0.703. The van der Waals surface area contributed by atoms with Crippen LogP contribution in [0.2, 0.25) is 0 Å². The molecular weight excluding hydrogens is 196 g/mol. The number of hydrogen-bond donors (Lipinski definition) is 0. The van der Waals surface area contributed by atoms with Crippen molar-refractivity contribution in [1.29, 1.82) is 0 Å². The Labute approximate surface area is 91.3 Å². The zero-order valence-electron chi connectivity index (χ0n) is 9.42. The molecule has 0 N–H and O–H groups in total. The zero-order valence-corrected chi connectivity index (χ0v) is 10.2. The van der Waals surface area contributed by atoms with Gasteiger partial charge in [-0.05, 0) is 11.8 Å². The predicted octanol–water partition coefficient (Wildman–Crippen LogP) is 3.40. The van der Waals surface area contributed by atoms with E-state index in [0.29, 0.717) is 17.7 Å². The molecule has 0 spiro atoms. The third-order valence-electron chi connectivity index (χ3n) is 2.19. The smallest absolute Gasteiger partial charge is 0.0536 e. The minimum absolute atomic E-state index is 0.491. The molecule has 0 fully saturated rings. The first-order valence-electron chi connectivity index (χ1n) is 5.16. The lowest BCUT2D eigenvalue weighted by Gasteiger charge is -2.13. The Bertz CT molecular complexity index is 289. The van der Waals surface area contributed by atoms with Crippen LogP contribution in [0.1, 0.15) is 44.9 Å². The van der Waals surface area contributed by atoms with Crippen molar-refractivity contribution in [2.45, 2.75) is 46.0 Å². The van der Waals surface area contributed by atoms with Crippen LogP contribution in [0.3, 0.4) is 0 Å².